The van der Waals surface area contributed by atoms with Crippen molar-refractivity contribution >= 4 is 5.96 Å². The van der Waals surface area contributed by atoms with E-state index in [1.807, 2.05) is 0 Å². The van der Waals surface area contributed by atoms with Gasteiger partial charge in [-0.2, -0.15) is 0 Å². The van der Waals surface area contributed by atoms with Crippen LogP contribution in [0.3, 0.4) is 0 Å². The molecule has 0 atom stereocenters. The minimum Gasteiger partial charge on any atom is -0.369 e. The first-order chi connectivity index (χ1) is 6.62. The third-order valence-electron chi connectivity index (χ3n) is 2.63. The Balaban J connectivity index is 2.19. The lowest BCUT2D eigenvalue weighted by atomic mass is 10.3. The van der Waals surface area contributed by atoms with Crippen molar-refractivity contribution < 1.29 is 4.48 Å². The molecule has 0 unspecified atom stereocenters. The monoisotopic (exact) mass is 201 g/mol. The number of quaternary nitrogens is 1. The summed E-state index contributed by atoms with van der Waals surface area (Å²) in [5.74, 6) is 0.0907. The molecular weight excluding hydrogens is 180 g/mol. The minimum atomic E-state index is 0.0907. The second-order valence-corrected chi connectivity index (χ2v) is 3.99. The molecule has 0 saturated carbocycles. The van der Waals surface area contributed by atoms with Crippen LogP contribution in [0.4, 0.5) is 0 Å². The molecule has 0 aromatic carbocycles. The number of hydrazone groups is 1. The van der Waals surface area contributed by atoms with Crippen LogP contribution in [0.1, 0.15) is 0 Å². The van der Waals surface area contributed by atoms with Crippen LogP contribution >= 0.6 is 0 Å². The Bertz CT molecular complexity index is 192. The van der Waals surface area contributed by atoms with Crippen molar-refractivity contribution in [1.29, 1.82) is 0 Å². The van der Waals surface area contributed by atoms with E-state index in [2.05, 4.69) is 22.9 Å². The molecule has 0 aliphatic carbocycles. The van der Waals surface area contributed by atoms with Crippen LogP contribution in [0.15, 0.2) is 5.10 Å². The molecule has 82 valence electrons. The molecule has 0 radical (unpaired) electrons. The summed E-state index contributed by atoms with van der Waals surface area (Å²) in [5.41, 5.74) is 13.2. The summed E-state index contributed by atoms with van der Waals surface area (Å²) in [6.07, 6.45) is 0. The van der Waals surface area contributed by atoms with Crippen LogP contribution in [0.2, 0.25) is 0 Å². The summed E-state index contributed by atoms with van der Waals surface area (Å²) in [4.78, 5) is 0. The van der Waals surface area contributed by atoms with Crippen LogP contribution < -0.4 is 22.2 Å². The van der Waals surface area contributed by atoms with Crippen molar-refractivity contribution in [3.05, 3.63) is 0 Å². The number of rotatable bonds is 4. The quantitative estimate of drug-likeness (QED) is 0.137. The van der Waals surface area contributed by atoms with Gasteiger partial charge >= 0.3 is 0 Å². The van der Waals surface area contributed by atoms with Crippen molar-refractivity contribution in [2.75, 3.05) is 46.3 Å². The van der Waals surface area contributed by atoms with Gasteiger partial charge in [-0.3, -0.25) is 0 Å². The molecule has 1 saturated heterocycles. The minimum absolute atomic E-state index is 0.0907. The number of hydrogen-bond acceptors (Lipinski definition) is 3. The molecule has 1 heterocycles. The molecular formula is C8H21N6+. The van der Waals surface area contributed by atoms with Gasteiger partial charge < -0.3 is 26.7 Å². The average Bonchev–Trinajstić information content (AvgIpc) is 2.14. The summed E-state index contributed by atoms with van der Waals surface area (Å²) in [7, 11) is 2.26. The molecule has 0 aromatic heterocycles. The van der Waals surface area contributed by atoms with Crippen LogP contribution in [-0.2, 0) is 0 Å². The molecule has 6 N–H and O–H groups in total. The lowest BCUT2D eigenvalue weighted by molar-refractivity contribution is -0.910. The highest BCUT2D eigenvalue weighted by atomic mass is 15.4. The Hall–Kier alpha value is -1.01. The van der Waals surface area contributed by atoms with Crippen LogP contribution in [0.5, 0.6) is 0 Å². The predicted molar refractivity (Wildman–Crippen MR) is 57.5 cm³/mol. The van der Waals surface area contributed by atoms with E-state index in [0.717, 1.165) is 30.7 Å². The van der Waals surface area contributed by atoms with Gasteiger partial charge in [-0.25, -0.2) is 0 Å². The highest BCUT2D eigenvalue weighted by Crippen LogP contribution is 2.02. The maximum atomic E-state index is 5.19. The first-order valence-electron chi connectivity index (χ1n) is 4.98. The average molecular weight is 201 g/mol. The zero-order valence-electron chi connectivity index (χ0n) is 8.79. The maximum Gasteiger partial charge on any atom is 0.208 e. The Morgan fingerprint density at radius 3 is 2.64 bits per heavy atom. The van der Waals surface area contributed by atoms with Gasteiger partial charge in [0, 0.05) is 13.1 Å². The van der Waals surface area contributed by atoms with Crippen LogP contribution in [-0.4, -0.2) is 56.8 Å². The summed E-state index contributed by atoms with van der Waals surface area (Å²) >= 11 is 0. The molecule has 0 spiro atoms. The zero-order valence-corrected chi connectivity index (χ0v) is 8.79. The fourth-order valence-electron chi connectivity index (χ4n) is 1.63. The van der Waals surface area contributed by atoms with Crippen molar-refractivity contribution in [2.24, 2.45) is 16.6 Å². The number of nitrogens with zero attached hydrogens (tertiary/aromatic N) is 2. The fraction of sp³-hybridized carbons (Fsp3) is 0.875. The molecule has 1 aliphatic rings. The number of guanidine groups is 1. The molecule has 0 aromatic rings. The van der Waals surface area contributed by atoms with Crippen molar-refractivity contribution in [1.82, 2.24) is 10.7 Å². The molecule has 14 heavy (non-hydrogen) atoms. The number of nitrogens with one attached hydrogen (secondary N) is 2. The van der Waals surface area contributed by atoms with Gasteiger partial charge in [0.05, 0.1) is 33.2 Å². The number of hydrogen-bond donors (Lipinski definition) is 4. The van der Waals surface area contributed by atoms with Crippen molar-refractivity contribution in [2.45, 2.75) is 0 Å². The van der Waals surface area contributed by atoms with E-state index in [1.54, 1.807) is 0 Å². The maximum absolute atomic E-state index is 5.19. The van der Waals surface area contributed by atoms with Gasteiger partial charge in [0.15, 0.2) is 0 Å². The molecule has 0 amide bonds. The number of likely N-dealkylation sites (N-methyl/N-ethyl adjacent to an activating group) is 1. The van der Waals surface area contributed by atoms with Gasteiger partial charge in [-0.1, -0.05) is 0 Å². The Morgan fingerprint density at radius 2 is 2.07 bits per heavy atom. The highest BCUT2D eigenvalue weighted by molar-refractivity contribution is 5.75. The molecule has 1 rings (SSSR count). The van der Waals surface area contributed by atoms with E-state index >= 15 is 0 Å². The van der Waals surface area contributed by atoms with Crippen LogP contribution in [0, 0.1) is 0 Å². The van der Waals surface area contributed by atoms with E-state index in [9.17, 15) is 0 Å². The second kappa shape index (κ2) is 5.02. The second-order valence-electron chi connectivity index (χ2n) is 3.99. The van der Waals surface area contributed by atoms with E-state index in [0.29, 0.717) is 0 Å². The van der Waals surface area contributed by atoms with E-state index in [1.165, 1.54) is 13.1 Å². The topological polar surface area (TPSA) is 88.5 Å². The van der Waals surface area contributed by atoms with E-state index in [-0.39, 0.29) is 5.96 Å². The number of nitrogens with two attached hydrogens (primary N) is 2. The fourth-order valence-corrected chi connectivity index (χ4v) is 1.63. The Morgan fingerprint density at radius 1 is 1.43 bits per heavy atom. The van der Waals surface area contributed by atoms with Gasteiger partial charge in [0.1, 0.15) is 0 Å². The Labute approximate surface area is 84.9 Å². The van der Waals surface area contributed by atoms with Crippen molar-refractivity contribution in [3.8, 4) is 0 Å². The first-order valence-corrected chi connectivity index (χ1v) is 4.98. The molecule has 6 heteroatoms. The Kier molecular flexibility index (Phi) is 3.97. The van der Waals surface area contributed by atoms with Crippen molar-refractivity contribution in [3.63, 3.8) is 0 Å². The first kappa shape index (κ1) is 11.1. The predicted octanol–water partition coefficient (Wildman–Crippen LogP) is -2.19. The third-order valence-corrected chi connectivity index (χ3v) is 2.63. The summed E-state index contributed by atoms with van der Waals surface area (Å²) in [6, 6.07) is 0. The largest absolute Gasteiger partial charge is 0.369 e. The van der Waals surface area contributed by atoms with Gasteiger partial charge in [0.2, 0.25) is 5.96 Å². The normalized spacial score (nSPS) is 20.1. The van der Waals surface area contributed by atoms with Gasteiger partial charge in [0.25, 0.3) is 0 Å². The summed E-state index contributed by atoms with van der Waals surface area (Å²) in [5, 5.41) is 7.08. The molecule has 1 fully saturated rings. The highest BCUT2D eigenvalue weighted by Gasteiger charge is 2.23. The van der Waals surface area contributed by atoms with E-state index < -0.39 is 0 Å². The number of piperazine rings is 1. The van der Waals surface area contributed by atoms with Gasteiger partial charge in [-0.15, -0.1) is 5.10 Å². The standard InChI is InChI=1S/C8H21N6/c1-14(5-2-11-3-6-14)7-4-12-13-8(9)10/h11-12H,2-7H2,1H3,(H4,9,10,13)/q+1. The van der Waals surface area contributed by atoms with E-state index in [4.69, 9.17) is 11.5 Å². The summed E-state index contributed by atoms with van der Waals surface area (Å²) < 4.78 is 1.08. The lowest BCUT2D eigenvalue weighted by Crippen LogP contribution is -2.57. The molecule has 6 nitrogen and oxygen atoms in total. The third kappa shape index (κ3) is 3.80. The molecule has 0 bridgehead atoms. The van der Waals surface area contributed by atoms with Crippen LogP contribution in [0.25, 0.3) is 0 Å². The summed E-state index contributed by atoms with van der Waals surface area (Å²) in [6.45, 7) is 6.40. The lowest BCUT2D eigenvalue weighted by Gasteiger charge is -2.37. The molecule has 1 aliphatic heterocycles. The SMILES string of the molecule is C[N+]1(CCNN=C(N)N)CCNCC1. The zero-order chi connectivity index (χ0) is 10.4. The van der Waals surface area contributed by atoms with Gasteiger partial charge in [-0.05, 0) is 0 Å². The smallest absolute Gasteiger partial charge is 0.208 e.